The fourth-order valence-electron chi connectivity index (χ4n) is 1.25. The number of carbonyl (C=O) groups is 1. The second kappa shape index (κ2) is 4.31. The van der Waals surface area contributed by atoms with Gasteiger partial charge in [0.2, 0.25) is 6.61 Å². The number of aromatic nitrogens is 2. The second-order valence-electron chi connectivity index (χ2n) is 3.04. The van der Waals surface area contributed by atoms with Crippen LogP contribution in [0.1, 0.15) is 11.4 Å². The number of aryl methyl sites for hydroxylation is 1. The Morgan fingerprint density at radius 3 is 3.38 bits per heavy atom. The second-order valence-corrected chi connectivity index (χ2v) is 3.91. The lowest BCUT2D eigenvalue weighted by Crippen LogP contribution is -2.03. The maximum atomic E-state index is 10.2. The molecule has 0 atom stereocenters. The van der Waals surface area contributed by atoms with Crippen LogP contribution in [0.25, 0.3) is 4.96 Å². The van der Waals surface area contributed by atoms with Gasteiger partial charge in [0.05, 0.1) is 17.6 Å². The maximum Gasteiger partial charge on any atom is 0.344 e. The molecule has 0 aliphatic heterocycles. The molecular weight excluding hydrogens is 230 g/mol. The Morgan fingerprint density at radius 1 is 1.81 bits per heavy atom. The molecule has 0 saturated carbocycles. The third-order valence-corrected chi connectivity index (χ3v) is 2.68. The first-order chi connectivity index (χ1) is 7.68. The van der Waals surface area contributed by atoms with E-state index in [9.17, 15) is 4.79 Å². The molecule has 0 aliphatic carbocycles. The minimum Gasteiger partial charge on any atom is -0.479 e. The lowest BCUT2D eigenvalue weighted by Gasteiger charge is -1.93. The number of aliphatic carboxylic acids is 1. The Labute approximate surface area is 94.8 Å². The summed E-state index contributed by atoms with van der Waals surface area (Å²) < 4.78 is 1.87. The number of rotatable bonds is 4. The highest BCUT2D eigenvalue weighted by atomic mass is 32.1. The molecule has 2 heterocycles. The van der Waals surface area contributed by atoms with Crippen LogP contribution in [0.3, 0.4) is 0 Å². The zero-order valence-corrected chi connectivity index (χ0v) is 9.27. The summed E-state index contributed by atoms with van der Waals surface area (Å²) in [6.45, 7) is 1.42. The van der Waals surface area contributed by atoms with E-state index in [0.29, 0.717) is 0 Å². The molecule has 0 radical (unpaired) electrons. The van der Waals surface area contributed by atoms with Crippen molar-refractivity contribution in [3.8, 4) is 0 Å². The first kappa shape index (κ1) is 10.6. The van der Waals surface area contributed by atoms with Crippen LogP contribution in [0.15, 0.2) is 16.7 Å². The van der Waals surface area contributed by atoms with Gasteiger partial charge in [-0.1, -0.05) is 5.16 Å². The molecule has 0 amide bonds. The van der Waals surface area contributed by atoms with Crippen LogP contribution in [-0.2, 0) is 9.63 Å². The number of fused-ring (bicyclic) bond motifs is 1. The molecular formula is C9H9N3O3S. The summed E-state index contributed by atoms with van der Waals surface area (Å²) in [4.78, 5) is 19.9. The van der Waals surface area contributed by atoms with E-state index in [1.807, 2.05) is 22.9 Å². The SMILES string of the molecule is Cc1nc2sccn2c1C=NOCC(=O)O. The van der Waals surface area contributed by atoms with Gasteiger partial charge >= 0.3 is 5.97 Å². The zero-order valence-electron chi connectivity index (χ0n) is 8.45. The summed E-state index contributed by atoms with van der Waals surface area (Å²) in [5.41, 5.74) is 1.62. The van der Waals surface area contributed by atoms with Crippen molar-refractivity contribution in [2.75, 3.05) is 6.61 Å². The fourth-order valence-corrected chi connectivity index (χ4v) is 2.01. The minimum atomic E-state index is -1.05. The molecule has 0 fully saturated rings. The summed E-state index contributed by atoms with van der Waals surface area (Å²) in [6, 6.07) is 0. The number of carboxylic acids is 1. The molecule has 6 nitrogen and oxygen atoms in total. The maximum absolute atomic E-state index is 10.2. The molecule has 16 heavy (non-hydrogen) atoms. The number of hydrogen-bond acceptors (Lipinski definition) is 5. The Kier molecular flexibility index (Phi) is 2.86. The summed E-state index contributed by atoms with van der Waals surface area (Å²) in [7, 11) is 0. The van der Waals surface area contributed by atoms with Gasteiger partial charge < -0.3 is 9.94 Å². The quantitative estimate of drug-likeness (QED) is 0.641. The van der Waals surface area contributed by atoms with Crippen molar-refractivity contribution in [1.82, 2.24) is 9.38 Å². The van der Waals surface area contributed by atoms with E-state index < -0.39 is 12.6 Å². The average Bonchev–Trinajstić information content (AvgIpc) is 2.74. The van der Waals surface area contributed by atoms with Crippen LogP contribution < -0.4 is 0 Å². The Morgan fingerprint density at radius 2 is 2.62 bits per heavy atom. The van der Waals surface area contributed by atoms with Crippen LogP contribution >= 0.6 is 11.3 Å². The highest BCUT2D eigenvalue weighted by molar-refractivity contribution is 7.15. The summed E-state index contributed by atoms with van der Waals surface area (Å²) >= 11 is 1.52. The standard InChI is InChI=1S/C9H9N3O3S/c1-6-7(4-10-15-5-8(13)14)12-2-3-16-9(12)11-6/h2-4H,5H2,1H3,(H,13,14). The lowest BCUT2D eigenvalue weighted by atomic mass is 10.4. The third-order valence-electron chi connectivity index (χ3n) is 1.92. The predicted molar refractivity (Wildman–Crippen MR) is 59.0 cm³/mol. The van der Waals surface area contributed by atoms with Crippen LogP contribution in [0.5, 0.6) is 0 Å². The van der Waals surface area contributed by atoms with Crippen molar-refractivity contribution in [3.05, 3.63) is 23.0 Å². The van der Waals surface area contributed by atoms with Gasteiger partial charge in [-0.25, -0.2) is 9.78 Å². The molecule has 1 N–H and O–H groups in total. The number of hydrogen-bond donors (Lipinski definition) is 1. The van der Waals surface area contributed by atoms with Gasteiger partial charge in [-0.3, -0.25) is 4.40 Å². The average molecular weight is 239 g/mol. The molecule has 2 aromatic rings. The number of imidazole rings is 1. The molecule has 7 heteroatoms. The first-order valence-corrected chi connectivity index (χ1v) is 5.35. The highest BCUT2D eigenvalue weighted by Gasteiger charge is 2.06. The van der Waals surface area contributed by atoms with Gasteiger partial charge in [0.15, 0.2) is 4.96 Å². The number of thiazole rings is 1. The van der Waals surface area contributed by atoms with Crippen molar-refractivity contribution < 1.29 is 14.7 Å². The predicted octanol–water partition coefficient (Wildman–Crippen LogP) is 1.14. The van der Waals surface area contributed by atoms with E-state index in [1.54, 1.807) is 0 Å². The molecule has 0 aromatic carbocycles. The van der Waals surface area contributed by atoms with Crippen molar-refractivity contribution in [1.29, 1.82) is 0 Å². The van der Waals surface area contributed by atoms with E-state index in [-0.39, 0.29) is 0 Å². The topological polar surface area (TPSA) is 76.2 Å². The molecule has 0 unspecified atom stereocenters. The Balaban J connectivity index is 2.16. The number of nitrogens with zero attached hydrogens (tertiary/aromatic N) is 3. The van der Waals surface area contributed by atoms with Crippen LogP contribution in [0, 0.1) is 6.92 Å². The third kappa shape index (κ3) is 2.03. The molecule has 0 aliphatic rings. The molecule has 2 aromatic heterocycles. The first-order valence-electron chi connectivity index (χ1n) is 4.48. The van der Waals surface area contributed by atoms with Crippen molar-refractivity contribution >= 4 is 28.5 Å². The van der Waals surface area contributed by atoms with Crippen LogP contribution in [-0.4, -0.2) is 33.3 Å². The smallest absolute Gasteiger partial charge is 0.344 e. The van der Waals surface area contributed by atoms with Gasteiger partial charge in [0.25, 0.3) is 0 Å². The lowest BCUT2D eigenvalue weighted by molar-refractivity contribution is -0.142. The monoisotopic (exact) mass is 239 g/mol. The van der Waals surface area contributed by atoms with Crippen molar-refractivity contribution in [3.63, 3.8) is 0 Å². The van der Waals surface area contributed by atoms with Crippen LogP contribution in [0.2, 0.25) is 0 Å². The van der Waals surface area contributed by atoms with Crippen molar-refractivity contribution in [2.45, 2.75) is 6.92 Å². The summed E-state index contributed by atoms with van der Waals surface area (Å²) in [5.74, 6) is -1.05. The number of carboxylic acid groups (broad SMARTS) is 1. The molecule has 0 bridgehead atoms. The van der Waals surface area contributed by atoms with Gasteiger partial charge in [-0.2, -0.15) is 0 Å². The van der Waals surface area contributed by atoms with Gasteiger partial charge in [-0.05, 0) is 6.92 Å². The van der Waals surface area contributed by atoms with Gasteiger partial charge in [0.1, 0.15) is 0 Å². The number of oxime groups is 1. The van der Waals surface area contributed by atoms with E-state index in [0.717, 1.165) is 16.3 Å². The van der Waals surface area contributed by atoms with Crippen molar-refractivity contribution in [2.24, 2.45) is 5.16 Å². The molecule has 2 rings (SSSR count). The Bertz CT molecular complexity index is 543. The van der Waals surface area contributed by atoms with E-state index in [2.05, 4.69) is 15.0 Å². The van der Waals surface area contributed by atoms with E-state index in [1.165, 1.54) is 17.6 Å². The molecule has 0 saturated heterocycles. The fraction of sp³-hybridized carbons (Fsp3) is 0.222. The largest absolute Gasteiger partial charge is 0.479 e. The highest BCUT2D eigenvalue weighted by Crippen LogP contribution is 2.15. The van der Waals surface area contributed by atoms with Crippen LogP contribution in [0.4, 0.5) is 0 Å². The normalized spacial score (nSPS) is 11.3. The minimum absolute atomic E-state index is 0.443. The van der Waals surface area contributed by atoms with E-state index >= 15 is 0 Å². The molecule has 0 spiro atoms. The summed E-state index contributed by atoms with van der Waals surface area (Å²) in [6.07, 6.45) is 3.34. The zero-order chi connectivity index (χ0) is 11.5. The van der Waals surface area contributed by atoms with Gasteiger partial charge in [0, 0.05) is 11.6 Å². The van der Waals surface area contributed by atoms with E-state index in [4.69, 9.17) is 5.11 Å². The Hall–Kier alpha value is -1.89. The van der Waals surface area contributed by atoms with Gasteiger partial charge in [-0.15, -0.1) is 11.3 Å². The molecule has 84 valence electrons. The summed E-state index contributed by atoms with van der Waals surface area (Å²) in [5, 5.41) is 13.8.